The van der Waals surface area contributed by atoms with E-state index in [-0.39, 0.29) is 24.4 Å². The van der Waals surface area contributed by atoms with Gasteiger partial charge in [-0.2, -0.15) is 0 Å². The van der Waals surface area contributed by atoms with E-state index in [0.717, 1.165) is 0 Å². The molecule has 3 nitrogen and oxygen atoms in total. The van der Waals surface area contributed by atoms with Crippen LogP contribution < -0.4 is 0 Å². The third-order valence-electron chi connectivity index (χ3n) is 1.80. The summed E-state index contributed by atoms with van der Waals surface area (Å²) in [4.78, 5) is 10.8. The number of ether oxygens (including phenoxy) is 1. The van der Waals surface area contributed by atoms with E-state index in [1.807, 2.05) is 13.8 Å². The Labute approximate surface area is 60.0 Å². The monoisotopic (exact) mass is 144 g/mol. The van der Waals surface area contributed by atoms with Crippen LogP contribution in [0, 0.1) is 11.8 Å². The fourth-order valence-corrected chi connectivity index (χ4v) is 1.24. The molecular weight excluding hydrogens is 132 g/mol. The zero-order chi connectivity index (χ0) is 7.72. The largest absolute Gasteiger partial charge is 0.463 e. The molecule has 2 unspecified atom stereocenters. The topological polar surface area (TPSA) is 46.5 Å². The summed E-state index contributed by atoms with van der Waals surface area (Å²) in [5.41, 5.74) is 0. The molecule has 1 heterocycles. The van der Waals surface area contributed by atoms with E-state index in [4.69, 9.17) is 0 Å². The summed E-state index contributed by atoms with van der Waals surface area (Å²) in [5, 5.41) is 9.18. The lowest BCUT2D eigenvalue weighted by atomic mass is 9.93. The maximum absolute atomic E-state index is 10.8. The van der Waals surface area contributed by atoms with Gasteiger partial charge in [-0.25, -0.2) is 0 Å². The number of hydrogen-bond donors (Lipinski definition) is 1. The number of carbonyl (C=O) groups excluding carboxylic acids is 1. The van der Waals surface area contributed by atoms with Gasteiger partial charge in [-0.15, -0.1) is 0 Å². The van der Waals surface area contributed by atoms with Gasteiger partial charge >= 0.3 is 5.97 Å². The first-order valence-corrected chi connectivity index (χ1v) is 3.47. The van der Waals surface area contributed by atoms with E-state index in [2.05, 4.69) is 4.74 Å². The minimum Gasteiger partial charge on any atom is -0.463 e. The number of esters is 1. The van der Waals surface area contributed by atoms with Crippen LogP contribution >= 0.6 is 0 Å². The summed E-state index contributed by atoms with van der Waals surface area (Å²) in [6.07, 6.45) is -0.590. The first-order valence-electron chi connectivity index (χ1n) is 3.47. The van der Waals surface area contributed by atoms with E-state index in [0.29, 0.717) is 0 Å². The molecule has 0 radical (unpaired) electrons. The van der Waals surface area contributed by atoms with Crippen LogP contribution in [0.4, 0.5) is 0 Å². The number of rotatable bonds is 1. The van der Waals surface area contributed by atoms with Crippen molar-refractivity contribution < 1.29 is 14.6 Å². The van der Waals surface area contributed by atoms with Gasteiger partial charge in [0.15, 0.2) is 0 Å². The van der Waals surface area contributed by atoms with Crippen LogP contribution in [0.2, 0.25) is 0 Å². The van der Waals surface area contributed by atoms with E-state index in [9.17, 15) is 9.90 Å². The van der Waals surface area contributed by atoms with E-state index >= 15 is 0 Å². The van der Waals surface area contributed by atoms with Crippen molar-refractivity contribution in [3.8, 4) is 0 Å². The van der Waals surface area contributed by atoms with Gasteiger partial charge in [-0.3, -0.25) is 4.79 Å². The maximum atomic E-state index is 10.8. The van der Waals surface area contributed by atoms with Gasteiger partial charge in [0.25, 0.3) is 0 Å². The molecule has 1 fully saturated rings. The molecule has 1 aliphatic heterocycles. The highest BCUT2D eigenvalue weighted by Crippen LogP contribution is 2.22. The second-order valence-electron chi connectivity index (χ2n) is 2.97. The lowest BCUT2D eigenvalue weighted by Gasteiger charge is -2.12. The Bertz CT molecular complexity index is 142. The number of cyclic esters (lactones) is 1. The van der Waals surface area contributed by atoms with Crippen molar-refractivity contribution in [1.82, 2.24) is 0 Å². The van der Waals surface area contributed by atoms with Crippen molar-refractivity contribution >= 4 is 5.97 Å². The molecule has 0 aromatic rings. The van der Waals surface area contributed by atoms with Crippen molar-refractivity contribution in [2.45, 2.75) is 20.0 Å². The van der Waals surface area contributed by atoms with Crippen LogP contribution in [-0.4, -0.2) is 23.8 Å². The van der Waals surface area contributed by atoms with Crippen LogP contribution in [0.5, 0.6) is 0 Å². The fourth-order valence-electron chi connectivity index (χ4n) is 1.24. The van der Waals surface area contributed by atoms with E-state index in [1.165, 1.54) is 0 Å². The molecule has 3 heteroatoms. The summed E-state index contributed by atoms with van der Waals surface area (Å²) in [6.45, 7) is 3.97. The highest BCUT2D eigenvalue weighted by atomic mass is 16.6. The van der Waals surface area contributed by atoms with E-state index in [1.54, 1.807) is 0 Å². The second-order valence-corrected chi connectivity index (χ2v) is 2.97. The van der Waals surface area contributed by atoms with Gasteiger partial charge in [-0.05, 0) is 5.92 Å². The van der Waals surface area contributed by atoms with Gasteiger partial charge in [0.2, 0.25) is 0 Å². The van der Waals surface area contributed by atoms with Crippen LogP contribution in [-0.2, 0) is 9.53 Å². The first-order chi connectivity index (χ1) is 4.63. The van der Waals surface area contributed by atoms with Crippen molar-refractivity contribution in [3.05, 3.63) is 0 Å². The van der Waals surface area contributed by atoms with Gasteiger partial charge < -0.3 is 9.84 Å². The third kappa shape index (κ3) is 1.14. The molecule has 0 aromatic heterocycles. The Kier molecular flexibility index (Phi) is 1.94. The quantitative estimate of drug-likeness (QED) is 0.534. The van der Waals surface area contributed by atoms with Gasteiger partial charge in [0, 0.05) is 0 Å². The predicted octanol–water partition coefficient (Wildman–Crippen LogP) is 0.176. The molecule has 0 aromatic carbocycles. The van der Waals surface area contributed by atoms with Gasteiger partial charge in [0.05, 0.1) is 5.92 Å². The summed E-state index contributed by atoms with van der Waals surface area (Å²) < 4.78 is 4.65. The standard InChI is InChI=1S/C7H12O3/c1-4(2)6-5(8)3-10-7(6)9/h4-6,8H,3H2,1-2H3. The molecule has 10 heavy (non-hydrogen) atoms. The van der Waals surface area contributed by atoms with Crippen molar-refractivity contribution in [2.75, 3.05) is 6.61 Å². The lowest BCUT2D eigenvalue weighted by Crippen LogP contribution is -2.25. The van der Waals surface area contributed by atoms with Crippen LogP contribution in [0.3, 0.4) is 0 Å². The molecule has 1 aliphatic rings. The average Bonchev–Trinajstić information content (AvgIpc) is 2.11. The Morgan fingerprint density at radius 1 is 1.70 bits per heavy atom. The molecule has 58 valence electrons. The molecule has 0 saturated carbocycles. The molecule has 0 aliphatic carbocycles. The summed E-state index contributed by atoms with van der Waals surface area (Å²) in [7, 11) is 0. The molecule has 0 spiro atoms. The summed E-state index contributed by atoms with van der Waals surface area (Å²) >= 11 is 0. The normalized spacial score (nSPS) is 33.0. The predicted molar refractivity (Wildman–Crippen MR) is 35.3 cm³/mol. The van der Waals surface area contributed by atoms with Gasteiger partial charge in [-0.1, -0.05) is 13.8 Å². The molecular formula is C7H12O3. The fraction of sp³-hybridized carbons (Fsp3) is 0.857. The maximum Gasteiger partial charge on any atom is 0.312 e. The zero-order valence-electron chi connectivity index (χ0n) is 6.20. The molecule has 1 rings (SSSR count). The average molecular weight is 144 g/mol. The van der Waals surface area contributed by atoms with Crippen LogP contribution in [0.1, 0.15) is 13.8 Å². The Morgan fingerprint density at radius 2 is 2.30 bits per heavy atom. The minimum absolute atomic E-state index is 0.168. The van der Waals surface area contributed by atoms with Gasteiger partial charge in [0.1, 0.15) is 12.7 Å². The van der Waals surface area contributed by atoms with Crippen molar-refractivity contribution in [1.29, 1.82) is 0 Å². The van der Waals surface area contributed by atoms with E-state index < -0.39 is 6.10 Å². The molecule has 2 atom stereocenters. The minimum atomic E-state index is -0.590. The number of hydrogen-bond acceptors (Lipinski definition) is 3. The number of aliphatic hydroxyl groups is 1. The Morgan fingerprint density at radius 3 is 2.50 bits per heavy atom. The molecule has 0 bridgehead atoms. The summed E-state index contributed by atoms with van der Waals surface area (Å²) in [6, 6.07) is 0. The SMILES string of the molecule is CC(C)C1C(=O)OCC1O. The summed E-state index contributed by atoms with van der Waals surface area (Å²) in [5.74, 6) is -0.396. The second kappa shape index (κ2) is 2.58. The number of carbonyl (C=O) groups is 1. The van der Waals surface area contributed by atoms with Crippen molar-refractivity contribution in [2.24, 2.45) is 11.8 Å². The van der Waals surface area contributed by atoms with Crippen LogP contribution in [0.15, 0.2) is 0 Å². The lowest BCUT2D eigenvalue weighted by molar-refractivity contribution is -0.142. The molecule has 1 saturated heterocycles. The Hall–Kier alpha value is -0.570. The first kappa shape index (κ1) is 7.54. The smallest absolute Gasteiger partial charge is 0.312 e. The third-order valence-corrected chi connectivity index (χ3v) is 1.80. The molecule has 0 amide bonds. The number of aliphatic hydroxyl groups excluding tert-OH is 1. The van der Waals surface area contributed by atoms with Crippen molar-refractivity contribution in [3.63, 3.8) is 0 Å². The highest BCUT2D eigenvalue weighted by molar-refractivity contribution is 5.75. The highest BCUT2D eigenvalue weighted by Gasteiger charge is 2.37. The zero-order valence-corrected chi connectivity index (χ0v) is 6.20. The Balaban J connectivity index is 2.63. The van der Waals surface area contributed by atoms with Crippen LogP contribution in [0.25, 0.3) is 0 Å². The molecule has 1 N–H and O–H groups in total.